The number of nitrogens with zero attached hydrogens (tertiary/aromatic N) is 1. The summed E-state index contributed by atoms with van der Waals surface area (Å²) < 4.78 is 5.54. The Bertz CT molecular complexity index is 667. The molecule has 138 valence electrons. The van der Waals surface area contributed by atoms with E-state index >= 15 is 0 Å². The van der Waals surface area contributed by atoms with Crippen molar-refractivity contribution in [1.82, 2.24) is 10.2 Å². The van der Waals surface area contributed by atoms with E-state index in [0.717, 1.165) is 19.0 Å². The summed E-state index contributed by atoms with van der Waals surface area (Å²) in [5.41, 5.74) is 1.26. The van der Waals surface area contributed by atoms with E-state index in [4.69, 9.17) is 4.74 Å². The fourth-order valence-corrected chi connectivity index (χ4v) is 3.40. The summed E-state index contributed by atoms with van der Waals surface area (Å²) in [5.74, 6) is 1.42. The first-order valence-corrected chi connectivity index (χ1v) is 9.46. The Hall–Kier alpha value is -2.33. The summed E-state index contributed by atoms with van der Waals surface area (Å²) in [6, 6.07) is 20.1. The van der Waals surface area contributed by atoms with Crippen LogP contribution in [0.15, 0.2) is 60.7 Å². The van der Waals surface area contributed by atoms with Crippen molar-refractivity contribution in [3.05, 3.63) is 66.2 Å². The van der Waals surface area contributed by atoms with E-state index in [1.165, 1.54) is 18.4 Å². The standard InChI is InChI=1S/C22H28N2O2/c1-18-12-14-24(15-13-18)21(19-8-4-2-5-9-19)16-23-22(25)17-26-20-10-6-3-7-11-20/h2-11,18,21H,12-17H2,1H3,(H,23,25). The van der Waals surface area contributed by atoms with Crippen LogP contribution in [0.5, 0.6) is 5.75 Å². The van der Waals surface area contributed by atoms with Gasteiger partial charge in [0, 0.05) is 6.54 Å². The van der Waals surface area contributed by atoms with Gasteiger partial charge in [0.05, 0.1) is 6.04 Å². The number of piperidine rings is 1. The summed E-state index contributed by atoms with van der Waals surface area (Å²) in [5, 5.41) is 3.05. The van der Waals surface area contributed by atoms with Crippen molar-refractivity contribution in [2.45, 2.75) is 25.8 Å². The molecule has 1 amide bonds. The molecule has 1 unspecified atom stereocenters. The topological polar surface area (TPSA) is 41.6 Å². The molecular weight excluding hydrogens is 324 g/mol. The molecule has 0 aromatic heterocycles. The smallest absolute Gasteiger partial charge is 0.258 e. The highest BCUT2D eigenvalue weighted by molar-refractivity contribution is 5.77. The number of carbonyl (C=O) groups is 1. The normalized spacial score (nSPS) is 16.8. The predicted molar refractivity (Wildman–Crippen MR) is 104 cm³/mol. The highest BCUT2D eigenvalue weighted by Gasteiger charge is 2.24. The summed E-state index contributed by atoms with van der Waals surface area (Å²) in [4.78, 5) is 14.7. The van der Waals surface area contributed by atoms with Gasteiger partial charge in [0.2, 0.25) is 0 Å². The van der Waals surface area contributed by atoms with Gasteiger partial charge in [0.15, 0.2) is 6.61 Å². The maximum atomic E-state index is 12.2. The van der Waals surface area contributed by atoms with Crippen LogP contribution in [0.3, 0.4) is 0 Å². The Kier molecular flexibility index (Phi) is 6.67. The Morgan fingerprint density at radius 1 is 1.08 bits per heavy atom. The van der Waals surface area contributed by atoms with Gasteiger partial charge in [0.25, 0.3) is 5.91 Å². The minimum atomic E-state index is -0.0832. The number of rotatable bonds is 7. The van der Waals surface area contributed by atoms with Crippen molar-refractivity contribution < 1.29 is 9.53 Å². The third-order valence-electron chi connectivity index (χ3n) is 5.05. The van der Waals surface area contributed by atoms with Crippen molar-refractivity contribution in [3.8, 4) is 5.75 Å². The lowest BCUT2D eigenvalue weighted by molar-refractivity contribution is -0.123. The van der Waals surface area contributed by atoms with Crippen LogP contribution in [0.2, 0.25) is 0 Å². The fraction of sp³-hybridized carbons (Fsp3) is 0.409. The average molecular weight is 352 g/mol. The molecule has 1 heterocycles. The predicted octanol–water partition coefficient (Wildman–Crippen LogP) is 3.65. The lowest BCUT2D eigenvalue weighted by atomic mass is 9.95. The molecule has 4 nitrogen and oxygen atoms in total. The van der Waals surface area contributed by atoms with Gasteiger partial charge in [-0.05, 0) is 49.5 Å². The Balaban J connectivity index is 1.56. The van der Waals surface area contributed by atoms with E-state index in [1.807, 2.05) is 36.4 Å². The Morgan fingerprint density at radius 2 is 1.69 bits per heavy atom. The van der Waals surface area contributed by atoms with E-state index in [9.17, 15) is 4.79 Å². The fourth-order valence-electron chi connectivity index (χ4n) is 3.40. The highest BCUT2D eigenvalue weighted by Crippen LogP contribution is 2.26. The van der Waals surface area contributed by atoms with Crippen LogP contribution in [0.4, 0.5) is 0 Å². The molecule has 2 aromatic rings. The molecule has 1 N–H and O–H groups in total. The molecule has 26 heavy (non-hydrogen) atoms. The number of likely N-dealkylation sites (tertiary alicyclic amines) is 1. The highest BCUT2D eigenvalue weighted by atomic mass is 16.5. The second kappa shape index (κ2) is 9.39. The number of amides is 1. The number of benzene rings is 2. The van der Waals surface area contributed by atoms with Gasteiger partial charge >= 0.3 is 0 Å². The van der Waals surface area contributed by atoms with Gasteiger partial charge in [-0.1, -0.05) is 55.5 Å². The van der Waals surface area contributed by atoms with Crippen molar-refractivity contribution in [2.24, 2.45) is 5.92 Å². The molecular formula is C22H28N2O2. The number of para-hydroxylation sites is 1. The van der Waals surface area contributed by atoms with Crippen LogP contribution < -0.4 is 10.1 Å². The van der Waals surface area contributed by atoms with E-state index in [1.54, 1.807) is 0 Å². The second-order valence-corrected chi connectivity index (χ2v) is 7.05. The number of hydrogen-bond acceptors (Lipinski definition) is 3. The molecule has 1 fully saturated rings. The van der Waals surface area contributed by atoms with Crippen LogP contribution in [-0.2, 0) is 4.79 Å². The third kappa shape index (κ3) is 5.33. The largest absolute Gasteiger partial charge is 0.484 e. The summed E-state index contributed by atoms with van der Waals surface area (Å²) in [7, 11) is 0. The van der Waals surface area contributed by atoms with Gasteiger partial charge in [-0.25, -0.2) is 0 Å². The number of ether oxygens (including phenoxy) is 1. The number of carbonyl (C=O) groups excluding carboxylic acids is 1. The first-order chi connectivity index (χ1) is 12.7. The maximum Gasteiger partial charge on any atom is 0.258 e. The average Bonchev–Trinajstić information content (AvgIpc) is 2.69. The summed E-state index contributed by atoms with van der Waals surface area (Å²) in [6.07, 6.45) is 2.43. The van der Waals surface area contributed by atoms with Crippen LogP contribution >= 0.6 is 0 Å². The van der Waals surface area contributed by atoms with Gasteiger partial charge in [0.1, 0.15) is 5.75 Å². The van der Waals surface area contributed by atoms with E-state index < -0.39 is 0 Å². The molecule has 0 aliphatic carbocycles. The monoisotopic (exact) mass is 352 g/mol. The molecule has 1 atom stereocenters. The van der Waals surface area contributed by atoms with E-state index in [2.05, 4.69) is 41.4 Å². The first-order valence-electron chi connectivity index (χ1n) is 9.46. The van der Waals surface area contributed by atoms with Crippen molar-refractivity contribution in [2.75, 3.05) is 26.2 Å². The van der Waals surface area contributed by atoms with Crippen molar-refractivity contribution >= 4 is 5.91 Å². The summed E-state index contributed by atoms with van der Waals surface area (Å²) >= 11 is 0. The van der Waals surface area contributed by atoms with Gasteiger partial charge in [-0.15, -0.1) is 0 Å². The van der Waals surface area contributed by atoms with Crippen molar-refractivity contribution in [1.29, 1.82) is 0 Å². The Morgan fingerprint density at radius 3 is 2.35 bits per heavy atom. The van der Waals surface area contributed by atoms with Crippen LogP contribution in [0.1, 0.15) is 31.4 Å². The van der Waals surface area contributed by atoms with Crippen LogP contribution in [-0.4, -0.2) is 37.0 Å². The van der Waals surface area contributed by atoms with E-state index in [0.29, 0.717) is 12.3 Å². The summed E-state index contributed by atoms with van der Waals surface area (Å²) in [6.45, 7) is 5.13. The molecule has 0 radical (unpaired) electrons. The zero-order valence-electron chi connectivity index (χ0n) is 15.4. The zero-order valence-corrected chi connectivity index (χ0v) is 15.4. The minimum absolute atomic E-state index is 0.0442. The lowest BCUT2D eigenvalue weighted by Gasteiger charge is -2.37. The molecule has 2 aromatic carbocycles. The molecule has 0 bridgehead atoms. The second-order valence-electron chi connectivity index (χ2n) is 7.05. The van der Waals surface area contributed by atoms with Crippen molar-refractivity contribution in [3.63, 3.8) is 0 Å². The third-order valence-corrected chi connectivity index (χ3v) is 5.05. The SMILES string of the molecule is CC1CCN(C(CNC(=O)COc2ccccc2)c2ccccc2)CC1. The van der Waals surface area contributed by atoms with E-state index in [-0.39, 0.29) is 18.6 Å². The zero-order chi connectivity index (χ0) is 18.2. The molecule has 1 aliphatic rings. The number of hydrogen-bond donors (Lipinski definition) is 1. The molecule has 0 saturated carbocycles. The van der Waals surface area contributed by atoms with Crippen LogP contribution in [0.25, 0.3) is 0 Å². The van der Waals surface area contributed by atoms with Gasteiger partial charge in [-0.3, -0.25) is 9.69 Å². The first kappa shape index (κ1) is 18.5. The molecule has 1 aliphatic heterocycles. The van der Waals surface area contributed by atoms with Gasteiger partial charge < -0.3 is 10.1 Å². The maximum absolute atomic E-state index is 12.2. The molecule has 1 saturated heterocycles. The minimum Gasteiger partial charge on any atom is -0.484 e. The quantitative estimate of drug-likeness (QED) is 0.827. The number of nitrogens with one attached hydrogen (secondary N) is 1. The Labute approximate surface area is 156 Å². The molecule has 0 spiro atoms. The molecule has 3 rings (SSSR count). The van der Waals surface area contributed by atoms with Gasteiger partial charge in [-0.2, -0.15) is 0 Å². The van der Waals surface area contributed by atoms with Crippen LogP contribution in [0, 0.1) is 5.92 Å². The lowest BCUT2D eigenvalue weighted by Crippen LogP contribution is -2.42. The molecule has 4 heteroatoms.